The van der Waals surface area contributed by atoms with Gasteiger partial charge < -0.3 is 24.3 Å². The van der Waals surface area contributed by atoms with Crippen LogP contribution in [0.1, 0.15) is 10.4 Å². The van der Waals surface area contributed by atoms with E-state index in [1.54, 1.807) is 24.3 Å². The molecule has 136 valence electrons. The summed E-state index contributed by atoms with van der Waals surface area (Å²) in [5.74, 6) is 0.444. The fraction of sp³-hybridized carbons (Fsp3) is 0.0952. The molecule has 3 aromatic carbocycles. The Bertz CT molecular complexity index is 1160. The van der Waals surface area contributed by atoms with E-state index in [4.69, 9.17) is 13.9 Å². The molecule has 1 heterocycles. The van der Waals surface area contributed by atoms with Gasteiger partial charge in [-0.2, -0.15) is 0 Å². The van der Waals surface area contributed by atoms with Crippen molar-refractivity contribution in [3.8, 4) is 17.2 Å². The van der Waals surface area contributed by atoms with Crippen molar-refractivity contribution in [1.82, 2.24) is 0 Å². The first-order chi connectivity index (χ1) is 13.1. The van der Waals surface area contributed by atoms with Crippen LogP contribution in [0.4, 0.5) is 5.69 Å². The molecule has 0 saturated carbocycles. The van der Waals surface area contributed by atoms with Crippen molar-refractivity contribution in [1.29, 1.82) is 0 Å². The summed E-state index contributed by atoms with van der Waals surface area (Å²) in [7, 11) is 3.05. The van der Waals surface area contributed by atoms with Crippen molar-refractivity contribution in [2.24, 2.45) is 0 Å². The Morgan fingerprint density at radius 1 is 1.00 bits per heavy atom. The molecular weight excluding hydrogens is 346 g/mol. The van der Waals surface area contributed by atoms with Crippen molar-refractivity contribution >= 4 is 33.5 Å². The lowest BCUT2D eigenvalue weighted by Crippen LogP contribution is -2.13. The minimum atomic E-state index is -0.476. The number of phenols is 1. The molecule has 0 fully saturated rings. The zero-order valence-electron chi connectivity index (χ0n) is 14.8. The zero-order valence-corrected chi connectivity index (χ0v) is 14.8. The first-order valence-corrected chi connectivity index (χ1v) is 8.29. The summed E-state index contributed by atoms with van der Waals surface area (Å²) in [6, 6.07) is 15.6. The third-order valence-electron chi connectivity index (χ3n) is 4.40. The maximum absolute atomic E-state index is 13.0. The molecule has 0 aliphatic rings. The van der Waals surface area contributed by atoms with Crippen LogP contribution in [0.5, 0.6) is 17.2 Å². The molecule has 0 bridgehead atoms. The number of ether oxygens (including phenoxy) is 2. The summed E-state index contributed by atoms with van der Waals surface area (Å²) in [6.45, 7) is 0. The monoisotopic (exact) mass is 363 g/mol. The van der Waals surface area contributed by atoms with Gasteiger partial charge in [0.15, 0.2) is 0 Å². The summed E-state index contributed by atoms with van der Waals surface area (Å²) < 4.78 is 16.3. The number of hydrogen-bond donors (Lipinski definition) is 2. The molecule has 0 unspecified atom stereocenters. The van der Waals surface area contributed by atoms with E-state index in [1.165, 1.54) is 20.3 Å². The number of rotatable bonds is 4. The summed E-state index contributed by atoms with van der Waals surface area (Å²) in [6.07, 6.45) is 0. The number of methoxy groups -OCH3 is 2. The Hall–Kier alpha value is -3.67. The van der Waals surface area contributed by atoms with Gasteiger partial charge in [0.05, 0.1) is 25.5 Å². The smallest absolute Gasteiger partial charge is 0.260 e. The molecule has 1 amide bonds. The molecule has 0 aliphatic heterocycles. The molecule has 6 heteroatoms. The SMILES string of the molecule is COc1ccc(OC)c(NC(=O)c2c(O)ccc3oc4ccccc4c23)c1. The highest BCUT2D eigenvalue weighted by atomic mass is 16.5. The number of para-hydroxylation sites is 1. The second-order valence-electron chi connectivity index (χ2n) is 5.95. The van der Waals surface area contributed by atoms with Crippen molar-refractivity contribution < 1.29 is 23.8 Å². The van der Waals surface area contributed by atoms with Gasteiger partial charge in [-0.1, -0.05) is 18.2 Å². The largest absolute Gasteiger partial charge is 0.507 e. The van der Waals surface area contributed by atoms with Gasteiger partial charge >= 0.3 is 0 Å². The van der Waals surface area contributed by atoms with E-state index < -0.39 is 5.91 Å². The lowest BCUT2D eigenvalue weighted by Gasteiger charge is -2.13. The lowest BCUT2D eigenvalue weighted by atomic mass is 10.0. The van der Waals surface area contributed by atoms with Crippen molar-refractivity contribution in [2.75, 3.05) is 19.5 Å². The number of furan rings is 1. The Morgan fingerprint density at radius 2 is 1.81 bits per heavy atom. The van der Waals surface area contributed by atoms with Crippen LogP contribution in [0.25, 0.3) is 21.9 Å². The quantitative estimate of drug-likeness (QED) is 0.555. The maximum Gasteiger partial charge on any atom is 0.260 e. The van der Waals surface area contributed by atoms with Gasteiger partial charge in [0.25, 0.3) is 5.91 Å². The predicted octanol–water partition coefficient (Wildman–Crippen LogP) is 4.56. The average molecular weight is 363 g/mol. The van der Waals surface area contributed by atoms with Crippen LogP contribution in [0, 0.1) is 0 Å². The summed E-state index contributed by atoms with van der Waals surface area (Å²) in [4.78, 5) is 13.0. The van der Waals surface area contributed by atoms with Gasteiger partial charge in [-0.25, -0.2) is 0 Å². The number of carbonyl (C=O) groups is 1. The van der Waals surface area contributed by atoms with Gasteiger partial charge in [-0.05, 0) is 30.3 Å². The number of phenolic OH excluding ortho intramolecular Hbond substituents is 1. The van der Waals surface area contributed by atoms with Crippen LogP contribution in [0.2, 0.25) is 0 Å². The standard InChI is InChI=1S/C21H17NO5/c1-25-12-7-9-17(26-2)14(11-12)22-21(24)20-15(23)8-10-18-19(20)13-5-3-4-6-16(13)27-18/h3-11,23H,1-2H3,(H,22,24). The summed E-state index contributed by atoms with van der Waals surface area (Å²) >= 11 is 0. The summed E-state index contributed by atoms with van der Waals surface area (Å²) in [5.41, 5.74) is 1.75. The van der Waals surface area contributed by atoms with E-state index in [1.807, 2.05) is 24.3 Å². The molecule has 6 nitrogen and oxygen atoms in total. The number of anilines is 1. The second-order valence-corrected chi connectivity index (χ2v) is 5.95. The van der Waals surface area contributed by atoms with Crippen LogP contribution < -0.4 is 14.8 Å². The Kier molecular flexibility index (Phi) is 4.08. The fourth-order valence-corrected chi connectivity index (χ4v) is 3.13. The number of aromatic hydroxyl groups is 1. The number of hydrogen-bond acceptors (Lipinski definition) is 5. The predicted molar refractivity (Wildman–Crippen MR) is 103 cm³/mol. The minimum absolute atomic E-state index is 0.131. The molecule has 0 radical (unpaired) electrons. The highest BCUT2D eigenvalue weighted by Gasteiger charge is 2.21. The lowest BCUT2D eigenvalue weighted by molar-refractivity contribution is 0.102. The van der Waals surface area contributed by atoms with Crippen LogP contribution in [-0.2, 0) is 0 Å². The van der Waals surface area contributed by atoms with Crippen LogP contribution >= 0.6 is 0 Å². The highest BCUT2D eigenvalue weighted by Crippen LogP contribution is 2.37. The number of benzene rings is 3. The fourth-order valence-electron chi connectivity index (χ4n) is 3.13. The van der Waals surface area contributed by atoms with Gasteiger partial charge in [-0.15, -0.1) is 0 Å². The Morgan fingerprint density at radius 3 is 2.59 bits per heavy atom. The van der Waals surface area contributed by atoms with Crippen molar-refractivity contribution in [3.05, 3.63) is 60.2 Å². The number of carbonyl (C=O) groups excluding carboxylic acids is 1. The molecular formula is C21H17NO5. The molecule has 0 saturated heterocycles. The van der Waals surface area contributed by atoms with E-state index in [2.05, 4.69) is 5.32 Å². The summed E-state index contributed by atoms with van der Waals surface area (Å²) in [5, 5.41) is 14.5. The van der Waals surface area contributed by atoms with Crippen LogP contribution in [0.15, 0.2) is 59.0 Å². The molecule has 4 rings (SSSR count). The number of nitrogens with one attached hydrogen (secondary N) is 1. The molecule has 1 aromatic heterocycles. The second kappa shape index (κ2) is 6.57. The maximum atomic E-state index is 13.0. The van der Waals surface area contributed by atoms with Gasteiger partial charge in [0, 0.05) is 16.8 Å². The zero-order chi connectivity index (χ0) is 19.0. The van der Waals surface area contributed by atoms with Crippen LogP contribution in [0.3, 0.4) is 0 Å². The first-order valence-electron chi connectivity index (χ1n) is 8.29. The van der Waals surface area contributed by atoms with Crippen molar-refractivity contribution in [3.63, 3.8) is 0 Å². The molecule has 0 atom stereocenters. The third kappa shape index (κ3) is 2.81. The van der Waals surface area contributed by atoms with Gasteiger partial charge in [0.1, 0.15) is 28.4 Å². The molecule has 27 heavy (non-hydrogen) atoms. The van der Waals surface area contributed by atoms with E-state index in [-0.39, 0.29) is 11.3 Å². The highest BCUT2D eigenvalue weighted by molar-refractivity contribution is 6.21. The minimum Gasteiger partial charge on any atom is -0.507 e. The van der Waals surface area contributed by atoms with Crippen molar-refractivity contribution in [2.45, 2.75) is 0 Å². The van der Waals surface area contributed by atoms with E-state index in [9.17, 15) is 9.90 Å². The van der Waals surface area contributed by atoms with E-state index >= 15 is 0 Å². The normalized spacial score (nSPS) is 10.9. The molecule has 0 aliphatic carbocycles. The molecule has 0 spiro atoms. The topological polar surface area (TPSA) is 80.9 Å². The first kappa shape index (κ1) is 16.8. The van der Waals surface area contributed by atoms with Gasteiger partial charge in [0.2, 0.25) is 0 Å². The number of amides is 1. The van der Waals surface area contributed by atoms with Crippen LogP contribution in [-0.4, -0.2) is 25.2 Å². The Balaban J connectivity index is 1.85. The third-order valence-corrected chi connectivity index (χ3v) is 4.40. The number of fused-ring (bicyclic) bond motifs is 3. The molecule has 4 aromatic rings. The Labute approximate surface area is 154 Å². The van der Waals surface area contributed by atoms with Gasteiger partial charge in [-0.3, -0.25) is 4.79 Å². The molecule has 2 N–H and O–H groups in total. The van der Waals surface area contributed by atoms with E-state index in [0.717, 1.165) is 5.39 Å². The average Bonchev–Trinajstić information content (AvgIpc) is 3.06. The van der Waals surface area contributed by atoms with E-state index in [0.29, 0.717) is 33.7 Å².